The Kier molecular flexibility index (Phi) is 4.96. The van der Waals surface area contributed by atoms with E-state index in [0.717, 1.165) is 54.7 Å². The number of aliphatic hydroxyl groups excluding tert-OH is 1. The second kappa shape index (κ2) is 7.37. The number of carbonyl (C=O) groups excluding carboxylic acids is 1. The number of aromatic nitrogens is 1. The maximum Gasteiger partial charge on any atom is 0.261 e. The van der Waals surface area contributed by atoms with E-state index < -0.39 is 6.10 Å². The molecule has 138 valence electrons. The van der Waals surface area contributed by atoms with E-state index in [1.54, 1.807) is 16.2 Å². The van der Waals surface area contributed by atoms with Crippen molar-refractivity contribution in [2.75, 3.05) is 13.1 Å². The van der Waals surface area contributed by atoms with Crippen molar-refractivity contribution in [3.8, 4) is 0 Å². The molecule has 0 spiro atoms. The third-order valence-electron chi connectivity index (χ3n) is 5.68. The van der Waals surface area contributed by atoms with Gasteiger partial charge >= 0.3 is 0 Å². The van der Waals surface area contributed by atoms with Gasteiger partial charge in [0.1, 0.15) is 5.56 Å². The number of amides is 1. The highest BCUT2D eigenvalue weighted by Crippen LogP contribution is 2.33. The molecule has 0 aromatic carbocycles. The summed E-state index contributed by atoms with van der Waals surface area (Å²) in [7, 11) is 0. The summed E-state index contributed by atoms with van der Waals surface area (Å²) in [5, 5.41) is 12.5. The molecule has 1 amide bonds. The summed E-state index contributed by atoms with van der Waals surface area (Å²) in [5.41, 5.74) is 2.11. The normalized spacial score (nSPS) is 19.2. The molecule has 1 saturated heterocycles. The molecule has 0 bridgehead atoms. The van der Waals surface area contributed by atoms with Gasteiger partial charge in [-0.1, -0.05) is 6.07 Å². The number of aromatic amines is 1. The molecule has 3 heterocycles. The molecule has 2 aromatic rings. The van der Waals surface area contributed by atoms with E-state index in [9.17, 15) is 14.7 Å². The highest BCUT2D eigenvalue weighted by Gasteiger charge is 2.30. The van der Waals surface area contributed by atoms with Crippen LogP contribution in [0.25, 0.3) is 0 Å². The van der Waals surface area contributed by atoms with Gasteiger partial charge in [0.15, 0.2) is 0 Å². The number of hydrogen-bond acceptors (Lipinski definition) is 4. The van der Waals surface area contributed by atoms with Crippen LogP contribution in [0.1, 0.15) is 58.3 Å². The van der Waals surface area contributed by atoms with Crippen molar-refractivity contribution in [1.29, 1.82) is 0 Å². The average molecular weight is 372 g/mol. The number of carbonyl (C=O) groups is 1. The number of thiophene rings is 1. The van der Waals surface area contributed by atoms with Crippen molar-refractivity contribution in [3.63, 3.8) is 0 Å². The number of piperidine rings is 1. The van der Waals surface area contributed by atoms with Crippen molar-refractivity contribution >= 4 is 17.2 Å². The molecule has 1 fully saturated rings. The zero-order valence-electron chi connectivity index (χ0n) is 14.7. The predicted molar refractivity (Wildman–Crippen MR) is 102 cm³/mol. The average Bonchev–Trinajstić information content (AvgIpc) is 3.21. The molecule has 0 radical (unpaired) electrons. The molecule has 6 heteroatoms. The first-order valence-electron chi connectivity index (χ1n) is 9.39. The number of nitrogens with one attached hydrogen (secondary N) is 1. The molecule has 1 aliphatic heterocycles. The number of pyridine rings is 1. The van der Waals surface area contributed by atoms with Crippen LogP contribution in [-0.4, -0.2) is 34.0 Å². The minimum atomic E-state index is -0.459. The number of fused-ring (bicyclic) bond motifs is 1. The van der Waals surface area contributed by atoms with Gasteiger partial charge < -0.3 is 15.0 Å². The quantitative estimate of drug-likeness (QED) is 0.870. The van der Waals surface area contributed by atoms with Crippen molar-refractivity contribution in [3.05, 3.63) is 55.6 Å². The number of nitrogens with zero attached hydrogens (tertiary/aromatic N) is 1. The number of H-pyrrole nitrogens is 1. The maximum atomic E-state index is 12.9. The molecular formula is C20H24N2O3S. The van der Waals surface area contributed by atoms with E-state index in [4.69, 9.17) is 0 Å². The maximum absolute atomic E-state index is 12.9. The van der Waals surface area contributed by atoms with E-state index in [1.807, 2.05) is 23.6 Å². The van der Waals surface area contributed by atoms with Gasteiger partial charge in [0.2, 0.25) is 0 Å². The first-order chi connectivity index (χ1) is 12.6. The van der Waals surface area contributed by atoms with Gasteiger partial charge in [0.05, 0.1) is 6.10 Å². The van der Waals surface area contributed by atoms with Crippen LogP contribution in [0, 0.1) is 5.92 Å². The third kappa shape index (κ3) is 3.35. The highest BCUT2D eigenvalue weighted by atomic mass is 32.1. The van der Waals surface area contributed by atoms with Gasteiger partial charge in [-0.05, 0) is 67.5 Å². The molecule has 4 rings (SSSR count). The van der Waals surface area contributed by atoms with Crippen LogP contribution in [0.4, 0.5) is 0 Å². The standard InChI is InChI=1S/C20H24N2O3S/c23-18(17-6-3-11-26-17)13-7-9-22(10-8-13)20(25)15-12-14-4-1-2-5-16(14)21-19(15)24/h3,6,11-13,18,23H,1-2,4-5,7-10H2,(H,21,24). The van der Waals surface area contributed by atoms with Crippen LogP contribution in [0.15, 0.2) is 28.4 Å². The third-order valence-corrected chi connectivity index (χ3v) is 6.62. The van der Waals surface area contributed by atoms with E-state index in [0.29, 0.717) is 13.1 Å². The summed E-state index contributed by atoms with van der Waals surface area (Å²) >= 11 is 1.57. The number of aryl methyl sites for hydroxylation is 2. The summed E-state index contributed by atoms with van der Waals surface area (Å²) in [4.78, 5) is 30.9. The zero-order valence-corrected chi connectivity index (χ0v) is 15.6. The van der Waals surface area contributed by atoms with E-state index in [-0.39, 0.29) is 22.9 Å². The van der Waals surface area contributed by atoms with Gasteiger partial charge in [-0.15, -0.1) is 11.3 Å². The lowest BCUT2D eigenvalue weighted by atomic mass is 9.90. The Morgan fingerprint density at radius 1 is 1.27 bits per heavy atom. The Balaban J connectivity index is 1.45. The second-order valence-corrected chi connectivity index (χ2v) is 8.29. The lowest BCUT2D eigenvalue weighted by molar-refractivity contribution is 0.0472. The topological polar surface area (TPSA) is 73.4 Å². The molecule has 2 aliphatic rings. The lowest BCUT2D eigenvalue weighted by Gasteiger charge is -2.34. The smallest absolute Gasteiger partial charge is 0.261 e. The number of hydrogen-bond donors (Lipinski definition) is 2. The van der Waals surface area contributed by atoms with Crippen LogP contribution in [-0.2, 0) is 12.8 Å². The van der Waals surface area contributed by atoms with Crippen LogP contribution in [0.2, 0.25) is 0 Å². The first kappa shape index (κ1) is 17.5. The predicted octanol–water partition coefficient (Wildman–Crippen LogP) is 2.90. The Morgan fingerprint density at radius 2 is 2.04 bits per heavy atom. The Labute approximate surface area is 156 Å². The van der Waals surface area contributed by atoms with Gasteiger partial charge in [-0.25, -0.2) is 0 Å². The van der Waals surface area contributed by atoms with Crippen LogP contribution >= 0.6 is 11.3 Å². The van der Waals surface area contributed by atoms with E-state index in [2.05, 4.69) is 4.98 Å². The Hall–Kier alpha value is -1.92. The molecule has 2 N–H and O–H groups in total. The molecule has 5 nitrogen and oxygen atoms in total. The largest absolute Gasteiger partial charge is 0.387 e. The van der Waals surface area contributed by atoms with Gasteiger partial charge in [0, 0.05) is 23.7 Å². The first-order valence-corrected chi connectivity index (χ1v) is 10.3. The summed E-state index contributed by atoms with van der Waals surface area (Å²) in [6.45, 7) is 1.17. The van der Waals surface area contributed by atoms with Crippen molar-refractivity contribution in [1.82, 2.24) is 9.88 Å². The molecular weight excluding hydrogens is 348 g/mol. The molecule has 2 aromatic heterocycles. The van der Waals surface area contributed by atoms with Crippen LogP contribution in [0.5, 0.6) is 0 Å². The van der Waals surface area contributed by atoms with Crippen LogP contribution < -0.4 is 5.56 Å². The highest BCUT2D eigenvalue weighted by molar-refractivity contribution is 7.10. The molecule has 1 aliphatic carbocycles. The van der Waals surface area contributed by atoms with Crippen molar-refractivity contribution < 1.29 is 9.90 Å². The summed E-state index contributed by atoms with van der Waals surface area (Å²) in [6, 6.07) is 5.71. The van der Waals surface area contributed by atoms with Crippen molar-refractivity contribution in [2.45, 2.75) is 44.6 Å². The van der Waals surface area contributed by atoms with Crippen LogP contribution in [0.3, 0.4) is 0 Å². The fourth-order valence-electron chi connectivity index (χ4n) is 4.11. The SMILES string of the molecule is O=C(c1cc2c([nH]c1=O)CCCC2)N1CCC(C(O)c2cccs2)CC1. The summed E-state index contributed by atoms with van der Waals surface area (Å²) in [6.07, 6.45) is 5.09. The van der Waals surface area contributed by atoms with Gasteiger partial charge in [-0.3, -0.25) is 9.59 Å². The fraction of sp³-hybridized carbons (Fsp3) is 0.500. The van der Waals surface area contributed by atoms with E-state index in [1.165, 1.54) is 0 Å². The van der Waals surface area contributed by atoms with Crippen molar-refractivity contribution in [2.24, 2.45) is 5.92 Å². The Morgan fingerprint density at radius 3 is 2.77 bits per heavy atom. The number of likely N-dealkylation sites (tertiary alicyclic amines) is 1. The lowest BCUT2D eigenvalue weighted by Crippen LogP contribution is -2.41. The second-order valence-electron chi connectivity index (χ2n) is 7.31. The Bertz CT molecular complexity index is 835. The minimum Gasteiger partial charge on any atom is -0.387 e. The molecule has 1 unspecified atom stereocenters. The van der Waals surface area contributed by atoms with E-state index >= 15 is 0 Å². The molecule has 1 atom stereocenters. The van der Waals surface area contributed by atoms with Gasteiger partial charge in [0.25, 0.3) is 11.5 Å². The number of rotatable bonds is 3. The monoisotopic (exact) mass is 372 g/mol. The number of aliphatic hydroxyl groups is 1. The molecule has 26 heavy (non-hydrogen) atoms. The molecule has 0 saturated carbocycles. The summed E-state index contributed by atoms with van der Waals surface area (Å²) in [5.74, 6) is -0.0109. The van der Waals surface area contributed by atoms with Gasteiger partial charge in [-0.2, -0.15) is 0 Å². The zero-order chi connectivity index (χ0) is 18.1. The summed E-state index contributed by atoms with van der Waals surface area (Å²) < 4.78 is 0. The minimum absolute atomic E-state index is 0.166. The fourth-order valence-corrected chi connectivity index (χ4v) is 4.92.